The van der Waals surface area contributed by atoms with Gasteiger partial charge in [0.15, 0.2) is 0 Å². The number of para-hydroxylation sites is 1. The number of nitrogens with zero attached hydrogens (tertiary/aromatic N) is 1. The number of carbonyl (C=O) groups excluding carboxylic acids is 1. The molecule has 3 heteroatoms. The number of rotatable bonds is 3. The van der Waals surface area contributed by atoms with Crippen molar-refractivity contribution in [3.05, 3.63) is 65.5 Å². The van der Waals surface area contributed by atoms with Crippen molar-refractivity contribution >= 4 is 11.6 Å². The molecular formula is C18H18FNO. The number of hydrogen-bond acceptors (Lipinski definition) is 1. The lowest BCUT2D eigenvalue weighted by Crippen LogP contribution is -2.36. The maximum absolute atomic E-state index is 13.0. The summed E-state index contributed by atoms with van der Waals surface area (Å²) >= 11 is 0. The van der Waals surface area contributed by atoms with Crippen molar-refractivity contribution in [2.45, 2.75) is 25.2 Å². The predicted molar refractivity (Wildman–Crippen MR) is 81.9 cm³/mol. The van der Waals surface area contributed by atoms with Crippen LogP contribution in [0, 0.1) is 5.82 Å². The highest BCUT2D eigenvalue weighted by Crippen LogP contribution is 2.43. The number of halogens is 1. The third kappa shape index (κ3) is 2.23. The average molecular weight is 283 g/mol. The number of aryl methyl sites for hydroxylation is 1. The van der Waals surface area contributed by atoms with Gasteiger partial charge in [-0.05, 0) is 49.1 Å². The zero-order valence-corrected chi connectivity index (χ0v) is 12.3. The Balaban J connectivity index is 1.87. The van der Waals surface area contributed by atoms with Gasteiger partial charge in [-0.1, -0.05) is 30.3 Å². The first kappa shape index (κ1) is 13.8. The van der Waals surface area contributed by atoms with Gasteiger partial charge in [0.1, 0.15) is 5.82 Å². The molecule has 0 aliphatic carbocycles. The molecule has 2 nitrogen and oxygen atoms in total. The molecule has 0 unspecified atom stereocenters. The van der Waals surface area contributed by atoms with E-state index in [9.17, 15) is 9.18 Å². The number of likely N-dealkylation sites (N-methyl/N-ethyl adjacent to an activating group) is 1. The second-order valence-corrected chi connectivity index (χ2v) is 5.84. The first-order chi connectivity index (χ1) is 10.0. The fraction of sp³-hybridized carbons (Fsp3) is 0.278. The Kier molecular flexibility index (Phi) is 3.28. The minimum Gasteiger partial charge on any atom is -0.314 e. The molecule has 1 aliphatic heterocycles. The van der Waals surface area contributed by atoms with Crippen LogP contribution in [0.3, 0.4) is 0 Å². The quantitative estimate of drug-likeness (QED) is 0.841. The third-order valence-corrected chi connectivity index (χ3v) is 4.46. The van der Waals surface area contributed by atoms with Crippen molar-refractivity contribution in [2.75, 3.05) is 11.9 Å². The number of anilines is 1. The van der Waals surface area contributed by atoms with E-state index >= 15 is 0 Å². The molecule has 0 saturated carbocycles. The fourth-order valence-corrected chi connectivity index (χ4v) is 3.11. The molecule has 1 atom stereocenters. The van der Waals surface area contributed by atoms with Crippen molar-refractivity contribution in [1.29, 1.82) is 0 Å². The minimum atomic E-state index is -0.500. The van der Waals surface area contributed by atoms with Gasteiger partial charge in [-0.15, -0.1) is 0 Å². The molecule has 0 spiro atoms. The summed E-state index contributed by atoms with van der Waals surface area (Å²) in [5.74, 6) is -0.0993. The lowest BCUT2D eigenvalue weighted by atomic mass is 9.79. The van der Waals surface area contributed by atoms with Crippen molar-refractivity contribution < 1.29 is 9.18 Å². The summed E-state index contributed by atoms with van der Waals surface area (Å²) < 4.78 is 13.0. The van der Waals surface area contributed by atoms with Gasteiger partial charge in [-0.25, -0.2) is 4.39 Å². The Morgan fingerprint density at radius 3 is 2.48 bits per heavy atom. The monoisotopic (exact) mass is 283 g/mol. The van der Waals surface area contributed by atoms with Gasteiger partial charge in [0.2, 0.25) is 5.91 Å². The number of benzene rings is 2. The van der Waals surface area contributed by atoms with E-state index in [4.69, 9.17) is 0 Å². The van der Waals surface area contributed by atoms with Crippen LogP contribution in [-0.4, -0.2) is 13.0 Å². The maximum atomic E-state index is 13.0. The van der Waals surface area contributed by atoms with E-state index in [1.165, 1.54) is 12.1 Å². The normalized spacial score (nSPS) is 20.7. The van der Waals surface area contributed by atoms with Gasteiger partial charge in [0, 0.05) is 12.7 Å². The minimum absolute atomic E-state index is 0.130. The topological polar surface area (TPSA) is 20.3 Å². The van der Waals surface area contributed by atoms with Crippen molar-refractivity contribution in [3.63, 3.8) is 0 Å². The van der Waals surface area contributed by atoms with Gasteiger partial charge in [0.25, 0.3) is 0 Å². The molecular weight excluding hydrogens is 265 g/mol. The van der Waals surface area contributed by atoms with E-state index in [1.807, 2.05) is 38.2 Å². The molecule has 2 aromatic carbocycles. The molecule has 2 aromatic rings. The summed E-state index contributed by atoms with van der Waals surface area (Å²) in [6.07, 6.45) is 1.48. The average Bonchev–Trinajstić information content (AvgIpc) is 2.70. The van der Waals surface area contributed by atoms with E-state index in [0.717, 1.165) is 29.7 Å². The Bertz CT molecular complexity index is 680. The number of amides is 1. The van der Waals surface area contributed by atoms with E-state index in [-0.39, 0.29) is 11.7 Å². The standard InChI is InChI=1S/C18H18FNO/c1-18(12-11-13-7-9-14(19)10-8-13)15-5-3-4-6-16(15)20(2)17(18)21/h3-10H,11-12H2,1-2H3/t18-/m0/s1. The highest BCUT2D eigenvalue weighted by Gasteiger charge is 2.45. The van der Waals surface area contributed by atoms with Crippen LogP contribution in [-0.2, 0) is 16.6 Å². The van der Waals surface area contributed by atoms with Crippen LogP contribution >= 0.6 is 0 Å². The number of fused-ring (bicyclic) bond motifs is 1. The van der Waals surface area contributed by atoms with Crippen LogP contribution in [0.15, 0.2) is 48.5 Å². The predicted octanol–water partition coefficient (Wildman–Crippen LogP) is 3.69. The van der Waals surface area contributed by atoms with E-state index in [2.05, 4.69) is 0 Å². The first-order valence-corrected chi connectivity index (χ1v) is 7.14. The Labute approximate surface area is 124 Å². The van der Waals surface area contributed by atoms with Crippen LogP contribution in [0.5, 0.6) is 0 Å². The van der Waals surface area contributed by atoms with Crippen LogP contribution in [0.2, 0.25) is 0 Å². The Hall–Kier alpha value is -2.16. The zero-order valence-electron chi connectivity index (χ0n) is 12.3. The third-order valence-electron chi connectivity index (χ3n) is 4.46. The van der Waals surface area contributed by atoms with Gasteiger partial charge in [-0.3, -0.25) is 4.79 Å². The van der Waals surface area contributed by atoms with E-state index < -0.39 is 5.41 Å². The molecule has 0 saturated heterocycles. The summed E-state index contributed by atoms with van der Waals surface area (Å²) in [5, 5.41) is 0. The molecule has 0 radical (unpaired) electrons. The SMILES string of the molecule is CN1C(=O)[C@@](C)(CCc2ccc(F)cc2)c2ccccc21. The van der Waals surface area contributed by atoms with Gasteiger partial charge in [-0.2, -0.15) is 0 Å². The summed E-state index contributed by atoms with van der Waals surface area (Å²) in [6.45, 7) is 2.00. The molecule has 0 bridgehead atoms. The maximum Gasteiger partial charge on any atom is 0.237 e. The van der Waals surface area contributed by atoms with Crippen LogP contribution in [0.1, 0.15) is 24.5 Å². The zero-order chi connectivity index (χ0) is 15.0. The highest BCUT2D eigenvalue weighted by atomic mass is 19.1. The molecule has 1 amide bonds. The van der Waals surface area contributed by atoms with Gasteiger partial charge < -0.3 is 4.90 Å². The largest absolute Gasteiger partial charge is 0.314 e. The van der Waals surface area contributed by atoms with E-state index in [1.54, 1.807) is 17.0 Å². The van der Waals surface area contributed by atoms with Crippen molar-refractivity contribution in [2.24, 2.45) is 0 Å². The van der Waals surface area contributed by atoms with Gasteiger partial charge in [0.05, 0.1) is 5.41 Å². The summed E-state index contributed by atoms with van der Waals surface area (Å²) in [4.78, 5) is 14.4. The van der Waals surface area contributed by atoms with Crippen molar-refractivity contribution in [3.8, 4) is 0 Å². The summed E-state index contributed by atoms with van der Waals surface area (Å²) in [6, 6.07) is 14.4. The molecule has 21 heavy (non-hydrogen) atoms. The van der Waals surface area contributed by atoms with E-state index in [0.29, 0.717) is 0 Å². The fourth-order valence-electron chi connectivity index (χ4n) is 3.11. The summed E-state index contributed by atoms with van der Waals surface area (Å²) in [5.41, 5.74) is 2.63. The molecule has 0 fully saturated rings. The second kappa shape index (κ2) is 4.99. The van der Waals surface area contributed by atoms with Gasteiger partial charge >= 0.3 is 0 Å². The van der Waals surface area contributed by atoms with Crippen LogP contribution in [0.25, 0.3) is 0 Å². The Morgan fingerprint density at radius 2 is 1.76 bits per heavy atom. The molecule has 3 rings (SSSR count). The molecule has 108 valence electrons. The summed E-state index contributed by atoms with van der Waals surface area (Å²) in [7, 11) is 1.82. The van der Waals surface area contributed by atoms with Crippen LogP contribution in [0.4, 0.5) is 10.1 Å². The highest BCUT2D eigenvalue weighted by molar-refractivity contribution is 6.07. The molecule has 0 N–H and O–H groups in total. The first-order valence-electron chi connectivity index (χ1n) is 7.14. The number of carbonyl (C=O) groups is 1. The lowest BCUT2D eigenvalue weighted by Gasteiger charge is -2.23. The smallest absolute Gasteiger partial charge is 0.237 e. The molecule has 1 heterocycles. The Morgan fingerprint density at radius 1 is 1.10 bits per heavy atom. The number of hydrogen-bond donors (Lipinski definition) is 0. The molecule has 1 aliphatic rings. The second-order valence-electron chi connectivity index (χ2n) is 5.84. The molecule has 0 aromatic heterocycles. The van der Waals surface area contributed by atoms with Crippen molar-refractivity contribution in [1.82, 2.24) is 0 Å². The van der Waals surface area contributed by atoms with Crippen LogP contribution < -0.4 is 4.90 Å². The lowest BCUT2D eigenvalue weighted by molar-refractivity contribution is -0.122.